The summed E-state index contributed by atoms with van der Waals surface area (Å²) in [5.74, 6) is 2.07. The van der Waals surface area contributed by atoms with Crippen molar-refractivity contribution >= 4 is 5.69 Å². The van der Waals surface area contributed by atoms with Crippen LogP contribution in [0.4, 0.5) is 5.69 Å². The van der Waals surface area contributed by atoms with Gasteiger partial charge in [-0.15, -0.1) is 0 Å². The molecule has 1 saturated carbocycles. The number of rotatable bonds is 4. The van der Waals surface area contributed by atoms with E-state index >= 15 is 0 Å². The fraction of sp³-hybridized carbons (Fsp3) is 0.200. The van der Waals surface area contributed by atoms with Gasteiger partial charge in [-0.25, -0.2) is 0 Å². The predicted molar refractivity (Wildman–Crippen MR) is 71.6 cm³/mol. The summed E-state index contributed by atoms with van der Waals surface area (Å²) in [6, 6.07) is 14.1. The number of ether oxygens (including phenoxy) is 1. The van der Waals surface area contributed by atoms with Gasteiger partial charge in [-0.1, -0.05) is 12.1 Å². The standard InChI is InChI=1S/C15H13NO3/c17-16(18)13-6-8-14(9-7-13)19-15-3-1-2-12(10-15)11-4-5-11/h1-3,6-11H,4-5H2. The number of nitrogens with zero attached hydrogens (tertiary/aromatic N) is 1. The minimum atomic E-state index is -0.419. The molecular weight excluding hydrogens is 242 g/mol. The van der Waals surface area contributed by atoms with Crippen molar-refractivity contribution in [3.05, 3.63) is 64.2 Å². The summed E-state index contributed by atoms with van der Waals surface area (Å²) in [6.45, 7) is 0. The molecule has 0 radical (unpaired) electrons. The summed E-state index contributed by atoms with van der Waals surface area (Å²) in [6.07, 6.45) is 2.50. The molecule has 0 heterocycles. The molecule has 2 aromatic rings. The van der Waals surface area contributed by atoms with Gasteiger partial charge < -0.3 is 4.74 Å². The summed E-state index contributed by atoms with van der Waals surface area (Å²) in [4.78, 5) is 10.1. The Morgan fingerprint density at radius 3 is 2.42 bits per heavy atom. The molecule has 0 bridgehead atoms. The first kappa shape index (κ1) is 11.7. The molecule has 0 unspecified atom stereocenters. The third-order valence-corrected chi connectivity index (χ3v) is 3.19. The third kappa shape index (κ3) is 2.73. The SMILES string of the molecule is O=[N+]([O-])c1ccc(Oc2cccc(C3CC3)c2)cc1. The Labute approximate surface area is 110 Å². The molecule has 0 aromatic heterocycles. The lowest BCUT2D eigenvalue weighted by Crippen LogP contribution is -1.89. The quantitative estimate of drug-likeness (QED) is 0.605. The van der Waals surface area contributed by atoms with Gasteiger partial charge in [0.15, 0.2) is 0 Å². The molecule has 4 nitrogen and oxygen atoms in total. The number of hydrogen-bond donors (Lipinski definition) is 0. The van der Waals surface area contributed by atoms with Gasteiger partial charge in [0.05, 0.1) is 4.92 Å². The molecule has 1 aliphatic carbocycles. The molecule has 1 aliphatic rings. The van der Waals surface area contributed by atoms with Crippen LogP contribution in [0.25, 0.3) is 0 Å². The van der Waals surface area contributed by atoms with E-state index in [1.165, 1.54) is 30.5 Å². The number of nitro benzene ring substituents is 1. The van der Waals surface area contributed by atoms with E-state index in [9.17, 15) is 10.1 Å². The highest BCUT2D eigenvalue weighted by atomic mass is 16.6. The maximum absolute atomic E-state index is 10.6. The second kappa shape index (κ2) is 4.72. The van der Waals surface area contributed by atoms with Crippen molar-refractivity contribution < 1.29 is 9.66 Å². The van der Waals surface area contributed by atoms with Crippen LogP contribution in [0.1, 0.15) is 24.3 Å². The number of non-ortho nitro benzene ring substituents is 1. The second-order valence-electron chi connectivity index (χ2n) is 4.70. The van der Waals surface area contributed by atoms with Gasteiger partial charge in [0.25, 0.3) is 5.69 Å². The van der Waals surface area contributed by atoms with Crippen LogP contribution >= 0.6 is 0 Å². The zero-order valence-corrected chi connectivity index (χ0v) is 10.3. The fourth-order valence-corrected chi connectivity index (χ4v) is 2.02. The first-order chi connectivity index (χ1) is 9.22. The lowest BCUT2D eigenvalue weighted by molar-refractivity contribution is -0.384. The Bertz CT molecular complexity index is 603. The van der Waals surface area contributed by atoms with Crippen LogP contribution in [-0.2, 0) is 0 Å². The Hall–Kier alpha value is -2.36. The van der Waals surface area contributed by atoms with Gasteiger partial charge in [-0.2, -0.15) is 0 Å². The van der Waals surface area contributed by atoms with Crippen molar-refractivity contribution in [3.63, 3.8) is 0 Å². The highest BCUT2D eigenvalue weighted by molar-refractivity contribution is 5.40. The molecule has 96 valence electrons. The van der Waals surface area contributed by atoms with Crippen molar-refractivity contribution in [2.75, 3.05) is 0 Å². The van der Waals surface area contributed by atoms with Crippen LogP contribution in [0.5, 0.6) is 11.5 Å². The smallest absolute Gasteiger partial charge is 0.269 e. The van der Waals surface area contributed by atoms with E-state index in [4.69, 9.17) is 4.74 Å². The van der Waals surface area contributed by atoms with Gasteiger partial charge in [-0.05, 0) is 48.6 Å². The molecule has 0 N–H and O–H groups in total. The van der Waals surface area contributed by atoms with Gasteiger partial charge in [0.1, 0.15) is 11.5 Å². The summed E-state index contributed by atoms with van der Waals surface area (Å²) in [7, 11) is 0. The first-order valence-corrected chi connectivity index (χ1v) is 6.24. The van der Waals surface area contributed by atoms with Crippen LogP contribution < -0.4 is 4.74 Å². The summed E-state index contributed by atoms with van der Waals surface area (Å²) >= 11 is 0. The predicted octanol–water partition coefficient (Wildman–Crippen LogP) is 4.26. The van der Waals surface area contributed by atoms with E-state index in [0.29, 0.717) is 11.7 Å². The molecular formula is C15H13NO3. The molecule has 4 heteroatoms. The maximum Gasteiger partial charge on any atom is 0.269 e. The largest absolute Gasteiger partial charge is 0.457 e. The monoisotopic (exact) mass is 255 g/mol. The van der Waals surface area contributed by atoms with Crippen LogP contribution in [0.3, 0.4) is 0 Å². The highest BCUT2D eigenvalue weighted by Gasteiger charge is 2.23. The molecule has 0 spiro atoms. The Morgan fingerprint density at radius 2 is 1.79 bits per heavy atom. The molecule has 19 heavy (non-hydrogen) atoms. The minimum absolute atomic E-state index is 0.0686. The maximum atomic E-state index is 10.6. The van der Waals surface area contributed by atoms with E-state index in [2.05, 4.69) is 6.07 Å². The Kier molecular flexibility index (Phi) is 2.91. The lowest BCUT2D eigenvalue weighted by Gasteiger charge is -2.07. The number of benzene rings is 2. The van der Waals surface area contributed by atoms with Crippen LogP contribution in [0.2, 0.25) is 0 Å². The van der Waals surface area contributed by atoms with Crippen molar-refractivity contribution in [2.45, 2.75) is 18.8 Å². The molecule has 0 saturated heterocycles. The van der Waals surface area contributed by atoms with Gasteiger partial charge in [-0.3, -0.25) is 10.1 Å². The minimum Gasteiger partial charge on any atom is -0.457 e. The molecule has 3 rings (SSSR count). The van der Waals surface area contributed by atoms with Crippen LogP contribution in [0, 0.1) is 10.1 Å². The molecule has 1 fully saturated rings. The fourth-order valence-electron chi connectivity index (χ4n) is 2.02. The van der Waals surface area contributed by atoms with E-state index < -0.39 is 4.92 Å². The first-order valence-electron chi connectivity index (χ1n) is 6.24. The number of hydrogen-bond acceptors (Lipinski definition) is 3. The highest BCUT2D eigenvalue weighted by Crippen LogP contribution is 2.41. The zero-order chi connectivity index (χ0) is 13.2. The molecule has 0 aliphatic heterocycles. The topological polar surface area (TPSA) is 52.4 Å². The molecule has 2 aromatic carbocycles. The van der Waals surface area contributed by atoms with Crippen LogP contribution in [-0.4, -0.2) is 4.92 Å². The van der Waals surface area contributed by atoms with E-state index in [1.807, 2.05) is 18.2 Å². The van der Waals surface area contributed by atoms with Crippen molar-refractivity contribution in [2.24, 2.45) is 0 Å². The van der Waals surface area contributed by atoms with Crippen molar-refractivity contribution in [1.82, 2.24) is 0 Å². The Balaban J connectivity index is 1.76. The van der Waals surface area contributed by atoms with E-state index in [0.717, 1.165) is 5.75 Å². The van der Waals surface area contributed by atoms with Crippen molar-refractivity contribution in [3.8, 4) is 11.5 Å². The summed E-state index contributed by atoms with van der Waals surface area (Å²) in [5, 5.41) is 10.6. The van der Waals surface area contributed by atoms with Gasteiger partial charge in [0, 0.05) is 12.1 Å². The average Bonchev–Trinajstić information content (AvgIpc) is 3.24. The second-order valence-corrected chi connectivity index (χ2v) is 4.70. The third-order valence-electron chi connectivity index (χ3n) is 3.19. The Morgan fingerprint density at radius 1 is 1.05 bits per heavy atom. The van der Waals surface area contributed by atoms with Gasteiger partial charge in [0.2, 0.25) is 0 Å². The normalized spacial score (nSPS) is 14.1. The average molecular weight is 255 g/mol. The summed E-state index contributed by atoms with van der Waals surface area (Å²) < 4.78 is 5.71. The van der Waals surface area contributed by atoms with Crippen LogP contribution in [0.15, 0.2) is 48.5 Å². The molecule has 0 amide bonds. The van der Waals surface area contributed by atoms with Crippen molar-refractivity contribution in [1.29, 1.82) is 0 Å². The lowest BCUT2D eigenvalue weighted by atomic mass is 10.1. The van der Waals surface area contributed by atoms with E-state index in [-0.39, 0.29) is 5.69 Å². The summed E-state index contributed by atoms with van der Waals surface area (Å²) in [5.41, 5.74) is 1.37. The molecule has 0 atom stereocenters. The number of nitro groups is 1. The van der Waals surface area contributed by atoms with Gasteiger partial charge >= 0.3 is 0 Å². The van der Waals surface area contributed by atoms with E-state index in [1.54, 1.807) is 12.1 Å². The zero-order valence-electron chi connectivity index (χ0n) is 10.3.